The van der Waals surface area contributed by atoms with Crippen LogP contribution >= 0.6 is 0 Å². The van der Waals surface area contributed by atoms with E-state index in [1.54, 1.807) is 12.3 Å². The average Bonchev–Trinajstić information content (AvgIpc) is 2.58. The molecule has 1 aromatic rings. The Morgan fingerprint density at radius 3 is 2.53 bits per heavy atom. The third-order valence-electron chi connectivity index (χ3n) is 3.71. The number of aromatic nitrogens is 1. The van der Waals surface area contributed by atoms with Gasteiger partial charge >= 0.3 is 5.97 Å². The molecule has 1 heterocycles. The van der Waals surface area contributed by atoms with Crippen LogP contribution in [0, 0.1) is 0 Å². The molecule has 19 heavy (non-hydrogen) atoms. The van der Waals surface area contributed by atoms with E-state index in [9.17, 15) is 4.79 Å². The van der Waals surface area contributed by atoms with E-state index in [-0.39, 0.29) is 18.1 Å². The van der Waals surface area contributed by atoms with Gasteiger partial charge in [-0.1, -0.05) is 12.8 Å². The first kappa shape index (κ1) is 14.0. The molecule has 2 N–H and O–H groups in total. The lowest BCUT2D eigenvalue weighted by molar-refractivity contribution is 0.0253. The van der Waals surface area contributed by atoms with Crippen LogP contribution < -0.4 is 5.73 Å². The molecular weight excluding hydrogens is 240 g/mol. The molecule has 2 rings (SSSR count). The minimum atomic E-state index is -0.239. The van der Waals surface area contributed by atoms with Gasteiger partial charge in [-0.05, 0) is 45.6 Å². The highest BCUT2D eigenvalue weighted by Crippen LogP contribution is 2.23. The van der Waals surface area contributed by atoms with Crippen LogP contribution in [0.4, 0.5) is 5.69 Å². The lowest BCUT2D eigenvalue weighted by atomic mass is 10.1. The normalized spacial score (nSPS) is 17.4. The lowest BCUT2D eigenvalue weighted by Gasteiger charge is -2.17. The Morgan fingerprint density at radius 1 is 1.32 bits per heavy atom. The largest absolute Gasteiger partial charge is 0.458 e. The molecule has 1 aromatic heterocycles. The second-order valence-corrected chi connectivity index (χ2v) is 5.68. The van der Waals surface area contributed by atoms with Gasteiger partial charge in [-0.3, -0.25) is 0 Å². The van der Waals surface area contributed by atoms with Gasteiger partial charge in [-0.15, -0.1) is 0 Å². The predicted octanol–water partition coefficient (Wildman–Crippen LogP) is 3.53. The molecule has 1 fully saturated rings. The van der Waals surface area contributed by atoms with Crippen molar-refractivity contribution in [3.8, 4) is 0 Å². The van der Waals surface area contributed by atoms with E-state index >= 15 is 0 Å². The van der Waals surface area contributed by atoms with Crippen LogP contribution in [-0.4, -0.2) is 16.6 Å². The number of hydrogen-bond donors (Lipinski definition) is 1. The van der Waals surface area contributed by atoms with Crippen molar-refractivity contribution in [3.05, 3.63) is 18.0 Å². The second-order valence-electron chi connectivity index (χ2n) is 5.68. The molecule has 0 amide bonds. The van der Waals surface area contributed by atoms with Gasteiger partial charge in [0.25, 0.3) is 0 Å². The number of nitrogens with two attached hydrogens (primary N) is 1. The average molecular weight is 264 g/mol. The Labute approximate surface area is 114 Å². The van der Waals surface area contributed by atoms with Gasteiger partial charge in [0, 0.05) is 12.2 Å². The number of esters is 1. The summed E-state index contributed by atoms with van der Waals surface area (Å²) >= 11 is 0. The molecule has 0 radical (unpaired) electrons. The molecule has 0 aliphatic heterocycles. The molecule has 1 aliphatic rings. The lowest BCUT2D eigenvalue weighted by Crippen LogP contribution is -2.20. The monoisotopic (exact) mass is 264 g/mol. The van der Waals surface area contributed by atoms with Crippen LogP contribution in [0.25, 0.3) is 0 Å². The number of rotatable bonds is 3. The van der Waals surface area contributed by atoms with Crippen molar-refractivity contribution in [2.24, 2.45) is 0 Å². The van der Waals surface area contributed by atoms with Crippen molar-refractivity contribution in [1.29, 1.82) is 0 Å². The Bertz CT molecular complexity index is 429. The van der Waals surface area contributed by atoms with Gasteiger partial charge in [0.2, 0.25) is 0 Å². The van der Waals surface area contributed by atoms with Gasteiger partial charge in [0.15, 0.2) is 0 Å². The van der Waals surface area contributed by atoms with E-state index in [1.807, 2.05) is 18.4 Å². The molecule has 4 heteroatoms. The predicted molar refractivity (Wildman–Crippen MR) is 76.1 cm³/mol. The number of ether oxygens (including phenoxy) is 1. The quantitative estimate of drug-likeness (QED) is 0.671. The summed E-state index contributed by atoms with van der Waals surface area (Å²) in [6.07, 6.45) is 8.68. The van der Waals surface area contributed by atoms with Crippen LogP contribution in [0.1, 0.15) is 68.9 Å². The number of hydrogen-bond acceptors (Lipinski definition) is 3. The number of anilines is 1. The van der Waals surface area contributed by atoms with Crippen molar-refractivity contribution in [1.82, 2.24) is 4.57 Å². The van der Waals surface area contributed by atoms with Crippen molar-refractivity contribution >= 4 is 11.7 Å². The third-order valence-corrected chi connectivity index (χ3v) is 3.71. The Hall–Kier alpha value is -1.45. The summed E-state index contributed by atoms with van der Waals surface area (Å²) in [7, 11) is 0. The van der Waals surface area contributed by atoms with Crippen LogP contribution in [0.3, 0.4) is 0 Å². The van der Waals surface area contributed by atoms with E-state index in [4.69, 9.17) is 10.5 Å². The maximum atomic E-state index is 12.3. The minimum Gasteiger partial charge on any atom is -0.458 e. The summed E-state index contributed by atoms with van der Waals surface area (Å²) < 4.78 is 7.53. The molecule has 1 saturated carbocycles. The summed E-state index contributed by atoms with van der Waals surface area (Å²) in [5, 5.41) is 0. The molecule has 0 saturated heterocycles. The van der Waals surface area contributed by atoms with E-state index in [1.165, 1.54) is 12.8 Å². The smallest absolute Gasteiger partial charge is 0.355 e. The van der Waals surface area contributed by atoms with Gasteiger partial charge in [-0.2, -0.15) is 0 Å². The van der Waals surface area contributed by atoms with Crippen molar-refractivity contribution in [3.63, 3.8) is 0 Å². The van der Waals surface area contributed by atoms with Crippen LogP contribution in [0.15, 0.2) is 12.3 Å². The molecule has 1 aliphatic carbocycles. The highest BCUT2D eigenvalue weighted by molar-refractivity contribution is 5.89. The van der Waals surface area contributed by atoms with Crippen LogP contribution in [-0.2, 0) is 4.74 Å². The summed E-state index contributed by atoms with van der Waals surface area (Å²) in [5.74, 6) is -0.239. The summed E-state index contributed by atoms with van der Waals surface area (Å²) in [6, 6.07) is 1.91. The fourth-order valence-corrected chi connectivity index (χ4v) is 2.66. The summed E-state index contributed by atoms with van der Waals surface area (Å²) in [6.45, 7) is 4.06. The highest BCUT2D eigenvalue weighted by Gasteiger charge is 2.21. The fraction of sp³-hybridized carbons (Fsp3) is 0.667. The molecule has 0 unspecified atom stereocenters. The number of carbonyl (C=O) groups excluding carboxylic acids is 1. The number of nitrogen functional groups attached to an aromatic ring is 1. The number of nitrogens with zero attached hydrogens (tertiary/aromatic N) is 1. The van der Waals surface area contributed by atoms with Crippen molar-refractivity contribution in [2.45, 2.75) is 64.5 Å². The summed E-state index contributed by atoms with van der Waals surface area (Å²) in [5.41, 5.74) is 6.96. The van der Waals surface area contributed by atoms with Crippen LogP contribution in [0.2, 0.25) is 0 Å². The molecule has 0 atom stereocenters. The highest BCUT2D eigenvalue weighted by atomic mass is 16.5. The number of carbonyl (C=O) groups is 1. The first-order valence-electron chi connectivity index (χ1n) is 7.26. The zero-order chi connectivity index (χ0) is 13.8. The first-order valence-corrected chi connectivity index (χ1v) is 7.26. The fourth-order valence-electron chi connectivity index (χ4n) is 2.66. The zero-order valence-electron chi connectivity index (χ0n) is 11.9. The van der Waals surface area contributed by atoms with E-state index < -0.39 is 0 Å². The van der Waals surface area contributed by atoms with Gasteiger partial charge in [0.05, 0.1) is 5.69 Å². The van der Waals surface area contributed by atoms with Crippen LogP contribution in [0.5, 0.6) is 0 Å². The van der Waals surface area contributed by atoms with E-state index in [0.29, 0.717) is 11.4 Å². The Balaban J connectivity index is 2.06. The van der Waals surface area contributed by atoms with Gasteiger partial charge in [-0.25, -0.2) is 4.79 Å². The molecule has 0 aromatic carbocycles. The van der Waals surface area contributed by atoms with Gasteiger partial charge < -0.3 is 15.0 Å². The topological polar surface area (TPSA) is 57.2 Å². The maximum absolute atomic E-state index is 12.3. The summed E-state index contributed by atoms with van der Waals surface area (Å²) in [4.78, 5) is 12.3. The minimum absolute atomic E-state index is 0.0757. The van der Waals surface area contributed by atoms with Crippen molar-refractivity contribution in [2.75, 3.05) is 5.73 Å². The standard InChI is InChI=1S/C15H24N2O2/c1-11(2)17-10-12(16)9-14(17)15(18)19-13-7-5-3-4-6-8-13/h9-11,13H,3-8,16H2,1-2H3. The molecule has 0 bridgehead atoms. The first-order chi connectivity index (χ1) is 9.08. The van der Waals surface area contributed by atoms with Crippen molar-refractivity contribution < 1.29 is 9.53 Å². The molecular formula is C15H24N2O2. The molecule has 4 nitrogen and oxygen atoms in total. The molecule has 106 valence electrons. The second kappa shape index (κ2) is 6.13. The third kappa shape index (κ3) is 3.52. The molecule has 0 spiro atoms. The SMILES string of the molecule is CC(C)n1cc(N)cc1C(=O)OC1CCCCCC1. The van der Waals surface area contributed by atoms with E-state index in [2.05, 4.69) is 0 Å². The van der Waals surface area contributed by atoms with E-state index in [0.717, 1.165) is 25.7 Å². The van der Waals surface area contributed by atoms with Gasteiger partial charge in [0.1, 0.15) is 11.8 Å². The zero-order valence-corrected chi connectivity index (χ0v) is 11.9. The maximum Gasteiger partial charge on any atom is 0.355 e. The Morgan fingerprint density at radius 2 is 1.95 bits per heavy atom. The Kier molecular flexibility index (Phi) is 4.51.